The van der Waals surface area contributed by atoms with Gasteiger partial charge in [0.1, 0.15) is 11.6 Å². The summed E-state index contributed by atoms with van der Waals surface area (Å²) in [4.78, 5) is 15.9. The van der Waals surface area contributed by atoms with Crippen molar-refractivity contribution in [3.8, 4) is 5.75 Å². The summed E-state index contributed by atoms with van der Waals surface area (Å²) in [6.07, 6.45) is 0.227. The van der Waals surface area contributed by atoms with Gasteiger partial charge in [0.15, 0.2) is 0 Å². The predicted molar refractivity (Wildman–Crippen MR) is 81.7 cm³/mol. The maximum absolute atomic E-state index is 11.8. The molecule has 0 bridgehead atoms. The number of benzene rings is 1. The smallest absolute Gasteiger partial charge is 0.224 e. The van der Waals surface area contributed by atoms with Crippen LogP contribution in [0.15, 0.2) is 23.4 Å². The molecular formula is C13H15ClN4O2S. The second-order valence-corrected chi connectivity index (χ2v) is 5.83. The molecule has 1 heterocycles. The van der Waals surface area contributed by atoms with Crippen molar-refractivity contribution >= 4 is 29.3 Å². The van der Waals surface area contributed by atoms with Crippen LogP contribution < -0.4 is 5.32 Å². The first-order chi connectivity index (χ1) is 10.0. The van der Waals surface area contributed by atoms with Crippen molar-refractivity contribution in [3.63, 3.8) is 0 Å². The number of phenolic OH excluding ortho intramolecular Hbond substituents is 1. The number of aryl methyl sites for hydroxylation is 1. The molecule has 6 nitrogen and oxygen atoms in total. The first-order valence-electron chi connectivity index (χ1n) is 6.30. The Morgan fingerprint density at radius 3 is 3.00 bits per heavy atom. The van der Waals surface area contributed by atoms with Crippen molar-refractivity contribution in [1.82, 2.24) is 20.5 Å². The van der Waals surface area contributed by atoms with Crippen molar-refractivity contribution < 1.29 is 9.90 Å². The van der Waals surface area contributed by atoms with E-state index < -0.39 is 0 Å². The minimum atomic E-state index is -0.0940. The zero-order chi connectivity index (χ0) is 15.2. The van der Waals surface area contributed by atoms with Crippen LogP contribution in [0.2, 0.25) is 5.02 Å². The van der Waals surface area contributed by atoms with Gasteiger partial charge in [0.05, 0.1) is 11.4 Å². The number of hydrogen-bond acceptors (Lipinski definition) is 5. The Balaban J connectivity index is 1.71. The molecule has 0 unspecified atom stereocenters. The number of carbonyl (C=O) groups excluding carboxylic acids is 1. The van der Waals surface area contributed by atoms with E-state index >= 15 is 0 Å². The molecule has 0 radical (unpaired) electrons. The largest absolute Gasteiger partial charge is 0.506 e. The number of amides is 1. The van der Waals surface area contributed by atoms with Crippen LogP contribution in [0.25, 0.3) is 0 Å². The highest BCUT2D eigenvalue weighted by Gasteiger charge is 2.06. The summed E-state index contributed by atoms with van der Waals surface area (Å²) in [5.41, 5.74) is 0.757. The van der Waals surface area contributed by atoms with E-state index in [4.69, 9.17) is 11.6 Å². The second-order valence-electron chi connectivity index (χ2n) is 4.36. The molecule has 1 aromatic carbocycles. The van der Waals surface area contributed by atoms with Crippen LogP contribution in [0.3, 0.4) is 0 Å². The molecule has 0 aliphatic rings. The van der Waals surface area contributed by atoms with Crippen molar-refractivity contribution in [2.45, 2.75) is 18.5 Å². The molecule has 1 aromatic heterocycles. The van der Waals surface area contributed by atoms with Gasteiger partial charge in [-0.25, -0.2) is 4.98 Å². The number of carbonyl (C=O) groups is 1. The Hall–Kier alpha value is -1.73. The summed E-state index contributed by atoms with van der Waals surface area (Å²) < 4.78 is 0. The number of nitrogens with one attached hydrogen (secondary N) is 2. The number of hydrogen-bond donors (Lipinski definition) is 3. The number of aromatic hydroxyl groups is 1. The van der Waals surface area contributed by atoms with E-state index in [2.05, 4.69) is 20.5 Å². The van der Waals surface area contributed by atoms with E-state index in [1.54, 1.807) is 12.1 Å². The third-order valence-electron chi connectivity index (χ3n) is 2.61. The average Bonchev–Trinajstić information content (AvgIpc) is 2.85. The van der Waals surface area contributed by atoms with Gasteiger partial charge in [-0.2, -0.15) is 0 Å². The van der Waals surface area contributed by atoms with Gasteiger partial charge in [0.25, 0.3) is 0 Å². The minimum Gasteiger partial charge on any atom is -0.506 e. The zero-order valence-electron chi connectivity index (χ0n) is 11.4. The molecule has 0 atom stereocenters. The molecule has 0 aliphatic carbocycles. The lowest BCUT2D eigenvalue weighted by Gasteiger charge is -2.05. The molecular weight excluding hydrogens is 312 g/mol. The van der Waals surface area contributed by atoms with E-state index in [1.165, 1.54) is 17.8 Å². The Labute approximate surface area is 131 Å². The SMILES string of the molecule is Cc1nc(SCCNC(=O)Cc2ccc(O)c(Cl)c2)n[nH]1. The van der Waals surface area contributed by atoms with E-state index in [0.717, 1.165) is 11.4 Å². The first-order valence-corrected chi connectivity index (χ1v) is 7.67. The summed E-state index contributed by atoms with van der Waals surface area (Å²) in [5, 5.41) is 19.8. The first kappa shape index (κ1) is 15.7. The summed E-state index contributed by atoms with van der Waals surface area (Å²) in [7, 11) is 0. The van der Waals surface area contributed by atoms with Crippen molar-refractivity contribution in [2.24, 2.45) is 0 Å². The standard InChI is InChI=1S/C13H15ClN4O2S/c1-8-16-13(18-17-8)21-5-4-15-12(20)7-9-2-3-11(19)10(14)6-9/h2-3,6,19H,4-5,7H2,1H3,(H,15,20)(H,16,17,18). The van der Waals surface area contributed by atoms with Crippen LogP contribution in [-0.4, -0.2) is 38.5 Å². The fourth-order valence-electron chi connectivity index (χ4n) is 1.63. The van der Waals surface area contributed by atoms with Crippen molar-refractivity contribution in [3.05, 3.63) is 34.6 Å². The van der Waals surface area contributed by atoms with Gasteiger partial charge in [0, 0.05) is 12.3 Å². The highest BCUT2D eigenvalue weighted by Crippen LogP contribution is 2.23. The normalized spacial score (nSPS) is 10.6. The number of nitrogens with zero attached hydrogens (tertiary/aromatic N) is 2. The summed E-state index contributed by atoms with van der Waals surface area (Å²) >= 11 is 7.26. The van der Waals surface area contributed by atoms with Gasteiger partial charge in [0.2, 0.25) is 11.1 Å². The summed E-state index contributed by atoms with van der Waals surface area (Å²) in [5.74, 6) is 1.38. The number of phenols is 1. The molecule has 3 N–H and O–H groups in total. The van der Waals surface area contributed by atoms with Gasteiger partial charge in [-0.3, -0.25) is 9.89 Å². The predicted octanol–water partition coefficient (Wildman–Crippen LogP) is 1.92. The Morgan fingerprint density at radius 1 is 1.52 bits per heavy atom. The lowest BCUT2D eigenvalue weighted by Crippen LogP contribution is -2.27. The molecule has 0 spiro atoms. The highest BCUT2D eigenvalue weighted by atomic mass is 35.5. The number of thioether (sulfide) groups is 1. The minimum absolute atomic E-state index is 0.0130. The fourth-order valence-corrected chi connectivity index (χ4v) is 2.53. The maximum atomic E-state index is 11.8. The van der Waals surface area contributed by atoms with E-state index in [-0.39, 0.29) is 23.1 Å². The quantitative estimate of drug-likeness (QED) is 0.557. The van der Waals surface area contributed by atoms with Gasteiger partial charge >= 0.3 is 0 Å². The number of halogens is 1. The average molecular weight is 327 g/mol. The lowest BCUT2D eigenvalue weighted by molar-refractivity contribution is -0.120. The van der Waals surface area contributed by atoms with Crippen LogP contribution in [-0.2, 0) is 11.2 Å². The molecule has 0 saturated carbocycles. The molecule has 8 heteroatoms. The Kier molecular flexibility index (Phi) is 5.46. The molecule has 2 rings (SSSR count). The van der Waals surface area contributed by atoms with Gasteiger partial charge < -0.3 is 10.4 Å². The van der Waals surface area contributed by atoms with Crippen molar-refractivity contribution in [1.29, 1.82) is 0 Å². The molecule has 0 fully saturated rings. The molecule has 21 heavy (non-hydrogen) atoms. The second kappa shape index (κ2) is 7.33. The van der Waals surface area contributed by atoms with Crippen LogP contribution in [0.1, 0.15) is 11.4 Å². The number of aromatic amines is 1. The summed E-state index contributed by atoms with van der Waals surface area (Å²) in [6, 6.07) is 4.74. The monoisotopic (exact) mass is 326 g/mol. The molecule has 1 amide bonds. The van der Waals surface area contributed by atoms with Crippen LogP contribution >= 0.6 is 23.4 Å². The number of rotatable bonds is 6. The summed E-state index contributed by atoms with van der Waals surface area (Å²) in [6.45, 7) is 2.37. The van der Waals surface area contributed by atoms with Crippen molar-refractivity contribution in [2.75, 3.05) is 12.3 Å². The number of aromatic nitrogens is 3. The van der Waals surface area contributed by atoms with Gasteiger partial charge in [-0.15, -0.1) is 5.10 Å². The van der Waals surface area contributed by atoms with E-state index in [9.17, 15) is 9.90 Å². The third kappa shape index (κ3) is 4.95. The van der Waals surface area contributed by atoms with Crippen LogP contribution in [0, 0.1) is 6.92 Å². The Bertz CT molecular complexity index is 632. The maximum Gasteiger partial charge on any atom is 0.224 e. The lowest BCUT2D eigenvalue weighted by atomic mass is 10.1. The Morgan fingerprint density at radius 2 is 2.33 bits per heavy atom. The molecule has 2 aromatic rings. The molecule has 0 saturated heterocycles. The topological polar surface area (TPSA) is 90.9 Å². The molecule has 112 valence electrons. The van der Waals surface area contributed by atoms with Crippen LogP contribution in [0.4, 0.5) is 0 Å². The van der Waals surface area contributed by atoms with E-state index in [1.807, 2.05) is 6.92 Å². The zero-order valence-corrected chi connectivity index (χ0v) is 13.0. The third-order valence-corrected chi connectivity index (χ3v) is 3.76. The van der Waals surface area contributed by atoms with E-state index in [0.29, 0.717) is 17.5 Å². The van der Waals surface area contributed by atoms with Gasteiger partial charge in [-0.1, -0.05) is 29.4 Å². The van der Waals surface area contributed by atoms with Gasteiger partial charge in [-0.05, 0) is 24.6 Å². The fraction of sp³-hybridized carbons (Fsp3) is 0.308. The van der Waals surface area contributed by atoms with Crippen LogP contribution in [0.5, 0.6) is 5.75 Å². The molecule has 0 aliphatic heterocycles. The number of H-pyrrole nitrogens is 1. The highest BCUT2D eigenvalue weighted by molar-refractivity contribution is 7.99.